The first kappa shape index (κ1) is 13.2. The summed E-state index contributed by atoms with van der Waals surface area (Å²) in [6.07, 6.45) is 1.04. The van der Waals surface area contributed by atoms with Crippen LogP contribution in [0.1, 0.15) is 37.6 Å². The number of halogens is 1. The Hall–Kier alpha value is -0.830. The average molecular weight is 284 g/mol. The molecule has 3 heteroatoms. The Balaban J connectivity index is 2.64. The molecule has 88 valence electrons. The van der Waals surface area contributed by atoms with Gasteiger partial charge in [-0.15, -0.1) is 0 Å². The van der Waals surface area contributed by atoms with Gasteiger partial charge < -0.3 is 5.32 Å². The third-order valence-corrected chi connectivity index (χ3v) is 3.49. The molecule has 1 aromatic carbocycles. The molecular weight excluding hydrogens is 266 g/mol. The number of benzene rings is 1. The highest BCUT2D eigenvalue weighted by Crippen LogP contribution is 2.19. The molecule has 0 atom stereocenters. The van der Waals surface area contributed by atoms with Gasteiger partial charge in [-0.2, -0.15) is 0 Å². The summed E-state index contributed by atoms with van der Waals surface area (Å²) in [5.74, 6) is -0.0194. The molecule has 0 aliphatic carbocycles. The van der Waals surface area contributed by atoms with Crippen LogP contribution in [0.5, 0.6) is 0 Å². The van der Waals surface area contributed by atoms with Crippen molar-refractivity contribution >= 4 is 21.8 Å². The zero-order valence-electron chi connectivity index (χ0n) is 10.0. The molecule has 0 radical (unpaired) electrons. The van der Waals surface area contributed by atoms with Crippen LogP contribution in [0.3, 0.4) is 0 Å². The fraction of sp³-hybridized carbons (Fsp3) is 0.462. The molecule has 0 aromatic heterocycles. The lowest BCUT2D eigenvalue weighted by atomic mass is 9.90. The summed E-state index contributed by atoms with van der Waals surface area (Å²) in [4.78, 5) is 11.9. The molecule has 0 bridgehead atoms. The molecule has 0 spiro atoms. The van der Waals surface area contributed by atoms with Crippen LogP contribution >= 0.6 is 15.9 Å². The van der Waals surface area contributed by atoms with Gasteiger partial charge in [0.15, 0.2) is 0 Å². The van der Waals surface area contributed by atoms with Crippen molar-refractivity contribution in [3.8, 4) is 0 Å². The van der Waals surface area contributed by atoms with E-state index in [4.69, 9.17) is 0 Å². The predicted molar refractivity (Wildman–Crippen MR) is 70.5 cm³/mol. The first-order valence-electron chi connectivity index (χ1n) is 5.49. The number of hydrogen-bond donors (Lipinski definition) is 1. The Morgan fingerprint density at radius 1 is 1.38 bits per heavy atom. The quantitative estimate of drug-likeness (QED) is 0.899. The summed E-state index contributed by atoms with van der Waals surface area (Å²) >= 11 is 3.37. The summed E-state index contributed by atoms with van der Waals surface area (Å²) in [6, 6.07) is 7.46. The maximum atomic E-state index is 11.9. The molecule has 1 N–H and O–H groups in total. The van der Waals surface area contributed by atoms with Gasteiger partial charge in [0.05, 0.1) is 5.56 Å². The largest absolute Gasteiger partial charge is 0.351 e. The van der Waals surface area contributed by atoms with Gasteiger partial charge in [0, 0.05) is 11.0 Å². The summed E-state index contributed by atoms with van der Waals surface area (Å²) < 4.78 is 0.835. The number of carbonyl (C=O) groups excluding carboxylic acids is 1. The second-order valence-electron chi connectivity index (χ2n) is 4.68. The topological polar surface area (TPSA) is 29.1 Å². The van der Waals surface area contributed by atoms with E-state index in [2.05, 4.69) is 42.0 Å². The zero-order valence-corrected chi connectivity index (χ0v) is 11.6. The molecule has 0 aliphatic rings. The lowest BCUT2D eigenvalue weighted by molar-refractivity contribution is 0.0935. The molecular formula is C13H18BrNO. The van der Waals surface area contributed by atoms with E-state index in [1.54, 1.807) is 0 Å². The minimum Gasteiger partial charge on any atom is -0.351 e. The van der Waals surface area contributed by atoms with Crippen LogP contribution in [0.25, 0.3) is 0 Å². The lowest BCUT2D eigenvalue weighted by Gasteiger charge is -2.22. The Bertz CT molecular complexity index is 374. The third kappa shape index (κ3) is 3.63. The van der Waals surface area contributed by atoms with Crippen molar-refractivity contribution in [3.63, 3.8) is 0 Å². The number of rotatable bonds is 4. The van der Waals surface area contributed by atoms with Gasteiger partial charge >= 0.3 is 0 Å². The number of nitrogens with one attached hydrogen (secondary N) is 1. The van der Waals surface area contributed by atoms with Crippen molar-refractivity contribution in [3.05, 3.63) is 34.3 Å². The SMILES string of the molecule is CCC(C)(C)CNC(=O)c1ccccc1Br. The van der Waals surface area contributed by atoms with Crippen LogP contribution in [0.15, 0.2) is 28.7 Å². The predicted octanol–water partition coefficient (Wildman–Crippen LogP) is 3.62. The van der Waals surface area contributed by atoms with Crippen molar-refractivity contribution in [2.45, 2.75) is 27.2 Å². The smallest absolute Gasteiger partial charge is 0.252 e. The number of hydrogen-bond acceptors (Lipinski definition) is 1. The van der Waals surface area contributed by atoms with Gasteiger partial charge in [0.1, 0.15) is 0 Å². The van der Waals surface area contributed by atoms with Gasteiger partial charge in [-0.1, -0.05) is 32.9 Å². The number of carbonyl (C=O) groups is 1. The highest BCUT2D eigenvalue weighted by molar-refractivity contribution is 9.10. The van der Waals surface area contributed by atoms with E-state index >= 15 is 0 Å². The zero-order chi connectivity index (χ0) is 12.2. The fourth-order valence-corrected chi connectivity index (χ4v) is 1.65. The Kier molecular flexibility index (Phi) is 4.54. The van der Waals surface area contributed by atoms with Crippen molar-refractivity contribution in [2.75, 3.05) is 6.54 Å². The molecule has 0 fully saturated rings. The molecule has 0 unspecified atom stereocenters. The molecule has 0 aliphatic heterocycles. The van der Waals surface area contributed by atoms with E-state index in [-0.39, 0.29) is 11.3 Å². The molecule has 0 heterocycles. The van der Waals surface area contributed by atoms with Crippen LogP contribution < -0.4 is 5.32 Å². The summed E-state index contributed by atoms with van der Waals surface area (Å²) in [6.45, 7) is 7.12. The minimum absolute atomic E-state index is 0.0194. The molecule has 1 amide bonds. The highest BCUT2D eigenvalue weighted by Gasteiger charge is 2.17. The van der Waals surface area contributed by atoms with Gasteiger partial charge in [0.25, 0.3) is 5.91 Å². The fourth-order valence-electron chi connectivity index (χ4n) is 1.19. The van der Waals surface area contributed by atoms with Crippen LogP contribution in [-0.4, -0.2) is 12.5 Å². The minimum atomic E-state index is -0.0194. The first-order valence-corrected chi connectivity index (χ1v) is 6.28. The van der Waals surface area contributed by atoms with Crippen molar-refractivity contribution in [2.24, 2.45) is 5.41 Å². The van der Waals surface area contributed by atoms with E-state index in [0.29, 0.717) is 12.1 Å². The second kappa shape index (κ2) is 5.48. The number of amides is 1. The Labute approximate surface area is 106 Å². The molecule has 2 nitrogen and oxygen atoms in total. The summed E-state index contributed by atoms with van der Waals surface area (Å²) in [5.41, 5.74) is 0.839. The monoisotopic (exact) mass is 283 g/mol. The van der Waals surface area contributed by atoms with Crippen LogP contribution in [0.4, 0.5) is 0 Å². The first-order chi connectivity index (χ1) is 7.46. The van der Waals surface area contributed by atoms with Crippen LogP contribution in [-0.2, 0) is 0 Å². The molecule has 0 saturated heterocycles. The molecule has 0 saturated carbocycles. The molecule has 16 heavy (non-hydrogen) atoms. The summed E-state index contributed by atoms with van der Waals surface area (Å²) in [5, 5.41) is 2.96. The normalized spacial score (nSPS) is 11.2. The van der Waals surface area contributed by atoms with Gasteiger partial charge in [-0.25, -0.2) is 0 Å². The third-order valence-electron chi connectivity index (χ3n) is 2.80. The van der Waals surface area contributed by atoms with E-state index in [9.17, 15) is 4.79 Å². The average Bonchev–Trinajstić information content (AvgIpc) is 2.27. The van der Waals surface area contributed by atoms with Crippen LogP contribution in [0.2, 0.25) is 0 Å². The van der Waals surface area contributed by atoms with Crippen LogP contribution in [0, 0.1) is 5.41 Å². The van der Waals surface area contributed by atoms with E-state index in [1.807, 2.05) is 24.3 Å². The van der Waals surface area contributed by atoms with Crippen molar-refractivity contribution < 1.29 is 4.79 Å². The van der Waals surface area contributed by atoms with Crippen molar-refractivity contribution in [1.29, 1.82) is 0 Å². The van der Waals surface area contributed by atoms with Crippen molar-refractivity contribution in [1.82, 2.24) is 5.32 Å². The summed E-state index contributed by atoms with van der Waals surface area (Å²) in [7, 11) is 0. The highest BCUT2D eigenvalue weighted by atomic mass is 79.9. The molecule has 1 aromatic rings. The van der Waals surface area contributed by atoms with Gasteiger partial charge in [0.2, 0.25) is 0 Å². The van der Waals surface area contributed by atoms with E-state index < -0.39 is 0 Å². The van der Waals surface area contributed by atoms with Gasteiger partial charge in [-0.05, 0) is 39.9 Å². The van der Waals surface area contributed by atoms with E-state index in [0.717, 1.165) is 10.9 Å². The van der Waals surface area contributed by atoms with Gasteiger partial charge in [-0.3, -0.25) is 4.79 Å². The Morgan fingerprint density at radius 2 is 2.00 bits per heavy atom. The standard InChI is InChI=1S/C13H18BrNO/c1-4-13(2,3)9-15-12(16)10-7-5-6-8-11(10)14/h5-8H,4,9H2,1-3H3,(H,15,16). The van der Waals surface area contributed by atoms with E-state index in [1.165, 1.54) is 0 Å². The maximum Gasteiger partial charge on any atom is 0.252 e. The lowest BCUT2D eigenvalue weighted by Crippen LogP contribution is -2.33. The second-order valence-corrected chi connectivity index (χ2v) is 5.53. The maximum absolute atomic E-state index is 11.9. The molecule has 1 rings (SSSR count). The Morgan fingerprint density at radius 3 is 2.56 bits per heavy atom.